The van der Waals surface area contributed by atoms with Gasteiger partial charge in [-0.25, -0.2) is 0 Å². The smallest absolute Gasteiger partial charge is 0.175 e. The molecule has 0 aliphatic heterocycles. The van der Waals surface area contributed by atoms with Gasteiger partial charge in [0.2, 0.25) is 0 Å². The van der Waals surface area contributed by atoms with Crippen LogP contribution in [0.15, 0.2) is 16.6 Å². The van der Waals surface area contributed by atoms with Gasteiger partial charge in [-0.05, 0) is 59.8 Å². The molecule has 2 N–H and O–H groups in total. The van der Waals surface area contributed by atoms with Crippen LogP contribution in [0.25, 0.3) is 0 Å². The van der Waals surface area contributed by atoms with Crippen molar-refractivity contribution in [3.05, 3.63) is 22.2 Å². The molecule has 0 fully saturated rings. The minimum absolute atomic E-state index is 0.161. The average molecular weight is 354 g/mol. The Morgan fingerprint density at radius 3 is 2.71 bits per heavy atom. The number of unbranched alkanes of at least 4 members (excludes halogenated alkanes) is 1. The Bertz CT molecular complexity index is 482. The Hall–Kier alpha value is -1.18. The van der Waals surface area contributed by atoms with Crippen LogP contribution < -0.4 is 15.2 Å². The van der Waals surface area contributed by atoms with Crippen LogP contribution in [-0.2, 0) is 6.42 Å². The molecule has 1 rings (SSSR count). The first-order valence-corrected chi connectivity index (χ1v) is 8.18. The molecule has 0 aliphatic rings. The normalized spacial score (nSPS) is 11.8. The van der Waals surface area contributed by atoms with Crippen molar-refractivity contribution in [1.82, 2.24) is 0 Å². The van der Waals surface area contributed by atoms with Gasteiger partial charge in [0.05, 0.1) is 17.7 Å². The molecule has 4 heteroatoms. The van der Waals surface area contributed by atoms with Gasteiger partial charge in [0.15, 0.2) is 11.5 Å². The molecule has 21 heavy (non-hydrogen) atoms. The molecular formula is C17H24BrNO2. The predicted molar refractivity (Wildman–Crippen MR) is 90.8 cm³/mol. The van der Waals surface area contributed by atoms with E-state index in [1.54, 1.807) is 0 Å². The van der Waals surface area contributed by atoms with Crippen molar-refractivity contribution in [2.75, 3.05) is 13.2 Å². The van der Waals surface area contributed by atoms with E-state index in [0.717, 1.165) is 40.8 Å². The fourth-order valence-corrected chi connectivity index (χ4v) is 2.54. The fraction of sp³-hybridized carbons (Fsp3) is 0.529. The van der Waals surface area contributed by atoms with Crippen LogP contribution in [0.4, 0.5) is 0 Å². The highest BCUT2D eigenvalue weighted by atomic mass is 79.9. The monoisotopic (exact) mass is 353 g/mol. The van der Waals surface area contributed by atoms with Crippen molar-refractivity contribution in [2.45, 2.75) is 45.6 Å². The highest BCUT2D eigenvalue weighted by Gasteiger charge is 2.13. The molecule has 0 amide bonds. The fourth-order valence-electron chi connectivity index (χ4n) is 1.94. The van der Waals surface area contributed by atoms with Gasteiger partial charge in [-0.3, -0.25) is 0 Å². The zero-order valence-corrected chi connectivity index (χ0v) is 14.4. The molecule has 0 radical (unpaired) electrons. The van der Waals surface area contributed by atoms with Gasteiger partial charge in [0.1, 0.15) is 0 Å². The molecule has 1 unspecified atom stereocenters. The summed E-state index contributed by atoms with van der Waals surface area (Å²) in [6.45, 7) is 5.22. The second-order valence-electron chi connectivity index (χ2n) is 4.87. The molecule has 0 saturated heterocycles. The number of terminal acetylenes is 1. The summed E-state index contributed by atoms with van der Waals surface area (Å²) in [4.78, 5) is 0. The van der Waals surface area contributed by atoms with Crippen LogP contribution in [0.5, 0.6) is 11.5 Å². The van der Waals surface area contributed by atoms with Crippen molar-refractivity contribution in [3.63, 3.8) is 0 Å². The molecule has 0 bridgehead atoms. The quantitative estimate of drug-likeness (QED) is 0.540. The van der Waals surface area contributed by atoms with Gasteiger partial charge in [-0.15, -0.1) is 12.3 Å². The van der Waals surface area contributed by atoms with Crippen LogP contribution in [-0.4, -0.2) is 19.3 Å². The first-order chi connectivity index (χ1) is 10.1. The van der Waals surface area contributed by atoms with Gasteiger partial charge in [0.25, 0.3) is 0 Å². The van der Waals surface area contributed by atoms with Crippen molar-refractivity contribution >= 4 is 15.9 Å². The largest absolute Gasteiger partial charge is 0.490 e. The number of ether oxygens (including phenoxy) is 2. The Morgan fingerprint density at radius 1 is 1.33 bits per heavy atom. The van der Waals surface area contributed by atoms with E-state index >= 15 is 0 Å². The highest BCUT2D eigenvalue weighted by Crippen LogP contribution is 2.37. The SMILES string of the molecule is C#CCCCOc1c(Br)cc(CC(N)CC)cc1OCC. The van der Waals surface area contributed by atoms with Crippen molar-refractivity contribution in [3.8, 4) is 23.8 Å². The summed E-state index contributed by atoms with van der Waals surface area (Å²) in [5.41, 5.74) is 7.17. The minimum Gasteiger partial charge on any atom is -0.490 e. The zero-order valence-electron chi connectivity index (χ0n) is 12.8. The Morgan fingerprint density at radius 2 is 2.10 bits per heavy atom. The number of rotatable bonds is 9. The molecular weight excluding hydrogens is 330 g/mol. The molecule has 3 nitrogen and oxygen atoms in total. The van der Waals surface area contributed by atoms with Gasteiger partial charge in [-0.1, -0.05) is 6.92 Å². The number of benzene rings is 1. The first kappa shape index (κ1) is 17.9. The highest BCUT2D eigenvalue weighted by molar-refractivity contribution is 9.10. The molecule has 0 aromatic heterocycles. The van der Waals surface area contributed by atoms with E-state index in [0.29, 0.717) is 19.6 Å². The number of halogens is 1. The molecule has 0 saturated carbocycles. The van der Waals surface area contributed by atoms with E-state index in [1.165, 1.54) is 0 Å². The maximum Gasteiger partial charge on any atom is 0.175 e. The lowest BCUT2D eigenvalue weighted by Crippen LogP contribution is -2.21. The molecule has 116 valence electrons. The van der Waals surface area contributed by atoms with Gasteiger partial charge < -0.3 is 15.2 Å². The maximum absolute atomic E-state index is 6.02. The standard InChI is InChI=1S/C17H24BrNO2/c1-4-7-8-9-21-17-15(18)11-13(10-14(19)5-2)12-16(17)20-6-3/h1,11-12,14H,5-10,19H2,2-3H3. The van der Waals surface area contributed by atoms with Crippen LogP contribution in [0, 0.1) is 12.3 Å². The summed E-state index contributed by atoms with van der Waals surface area (Å²) >= 11 is 3.56. The number of hydrogen-bond donors (Lipinski definition) is 1. The third-order valence-corrected chi connectivity index (χ3v) is 3.69. The first-order valence-electron chi connectivity index (χ1n) is 7.39. The summed E-state index contributed by atoms with van der Waals surface area (Å²) in [6, 6.07) is 4.23. The van der Waals surface area contributed by atoms with Gasteiger partial charge in [0, 0.05) is 12.5 Å². The van der Waals surface area contributed by atoms with E-state index in [-0.39, 0.29) is 6.04 Å². The topological polar surface area (TPSA) is 44.5 Å². The van der Waals surface area contributed by atoms with Crippen LogP contribution in [0.2, 0.25) is 0 Å². The van der Waals surface area contributed by atoms with Crippen molar-refractivity contribution < 1.29 is 9.47 Å². The average Bonchev–Trinajstić information content (AvgIpc) is 2.46. The lowest BCUT2D eigenvalue weighted by atomic mass is 10.0. The third-order valence-electron chi connectivity index (χ3n) is 3.10. The van der Waals surface area contributed by atoms with Crippen molar-refractivity contribution in [2.24, 2.45) is 5.73 Å². The second kappa shape index (κ2) is 9.70. The summed E-state index contributed by atoms with van der Waals surface area (Å²) in [5, 5.41) is 0. The Balaban J connectivity index is 2.88. The Labute approximate surface area is 136 Å². The Kier molecular flexibility index (Phi) is 8.26. The lowest BCUT2D eigenvalue weighted by molar-refractivity contribution is 0.272. The van der Waals surface area contributed by atoms with E-state index < -0.39 is 0 Å². The van der Waals surface area contributed by atoms with Crippen LogP contribution in [0.1, 0.15) is 38.7 Å². The number of hydrogen-bond acceptors (Lipinski definition) is 3. The molecule has 1 atom stereocenters. The van der Waals surface area contributed by atoms with Crippen LogP contribution >= 0.6 is 15.9 Å². The van der Waals surface area contributed by atoms with Gasteiger partial charge in [-0.2, -0.15) is 0 Å². The molecule has 0 aliphatic carbocycles. The second-order valence-corrected chi connectivity index (χ2v) is 5.72. The molecule has 0 heterocycles. The van der Waals surface area contributed by atoms with Crippen molar-refractivity contribution in [1.29, 1.82) is 0 Å². The number of nitrogens with two attached hydrogens (primary N) is 1. The predicted octanol–water partition coefficient (Wildman–Crippen LogP) is 3.92. The zero-order chi connectivity index (χ0) is 15.7. The summed E-state index contributed by atoms with van der Waals surface area (Å²) < 4.78 is 12.4. The van der Waals surface area contributed by atoms with E-state index in [9.17, 15) is 0 Å². The summed E-state index contributed by atoms with van der Waals surface area (Å²) in [5.74, 6) is 4.10. The molecule has 1 aromatic carbocycles. The maximum atomic E-state index is 6.02. The molecule has 0 spiro atoms. The summed E-state index contributed by atoms with van der Waals surface area (Å²) in [6.07, 6.45) is 8.56. The van der Waals surface area contributed by atoms with Gasteiger partial charge >= 0.3 is 0 Å². The van der Waals surface area contributed by atoms with E-state index in [1.807, 2.05) is 13.0 Å². The third kappa shape index (κ3) is 5.99. The summed E-state index contributed by atoms with van der Waals surface area (Å²) in [7, 11) is 0. The van der Waals surface area contributed by atoms with E-state index in [4.69, 9.17) is 21.6 Å². The van der Waals surface area contributed by atoms with Crippen LogP contribution in [0.3, 0.4) is 0 Å². The van der Waals surface area contributed by atoms with E-state index in [2.05, 4.69) is 34.8 Å². The molecule has 1 aromatic rings. The minimum atomic E-state index is 0.161. The lowest BCUT2D eigenvalue weighted by Gasteiger charge is -2.16.